The predicted molar refractivity (Wildman–Crippen MR) is 69.4 cm³/mol. The molecule has 19 heavy (non-hydrogen) atoms. The van der Waals surface area contributed by atoms with Gasteiger partial charge in [0.05, 0.1) is 5.69 Å². The highest BCUT2D eigenvalue weighted by molar-refractivity contribution is 7.08. The van der Waals surface area contributed by atoms with Crippen LogP contribution in [0.4, 0.5) is 0 Å². The summed E-state index contributed by atoms with van der Waals surface area (Å²) in [4.78, 5) is 15.3. The molecular weight excluding hydrogens is 264 g/mol. The van der Waals surface area contributed by atoms with Gasteiger partial charge in [-0.15, -0.1) is 10.2 Å². The number of carbonyl (C=O) groups is 1. The number of primary amides is 1. The number of nitrogens with zero attached hydrogens (tertiary/aromatic N) is 3. The number of amides is 1. The van der Waals surface area contributed by atoms with E-state index in [9.17, 15) is 4.79 Å². The molecule has 0 aliphatic rings. The maximum absolute atomic E-state index is 10.9. The maximum Gasteiger partial charge on any atom is 0.306 e. The Balaban J connectivity index is 2.01. The van der Waals surface area contributed by atoms with Gasteiger partial charge in [0.25, 0.3) is 5.89 Å². The average molecular weight is 272 g/mol. The highest BCUT2D eigenvalue weighted by Crippen LogP contribution is 2.23. The third-order valence-electron chi connectivity index (χ3n) is 2.42. The molecule has 0 radical (unpaired) electrons. The van der Waals surface area contributed by atoms with Gasteiger partial charge in [-0.05, 0) is 23.6 Å². The van der Waals surface area contributed by atoms with Crippen LogP contribution in [0.15, 0.2) is 39.4 Å². The molecule has 3 rings (SSSR count). The van der Waals surface area contributed by atoms with E-state index in [1.807, 2.05) is 29.0 Å². The van der Waals surface area contributed by atoms with Crippen molar-refractivity contribution < 1.29 is 9.21 Å². The van der Waals surface area contributed by atoms with E-state index in [0.29, 0.717) is 5.69 Å². The monoisotopic (exact) mass is 272 g/mol. The van der Waals surface area contributed by atoms with Crippen LogP contribution >= 0.6 is 11.3 Å². The second-order valence-electron chi connectivity index (χ2n) is 3.70. The van der Waals surface area contributed by atoms with Crippen molar-refractivity contribution in [2.24, 2.45) is 5.73 Å². The number of hydrogen-bond donors (Lipinski definition) is 1. The predicted octanol–water partition coefficient (Wildman–Crippen LogP) is 1.96. The summed E-state index contributed by atoms with van der Waals surface area (Å²) in [5.74, 6) is -0.809. The van der Waals surface area contributed by atoms with Gasteiger partial charge in [0.15, 0.2) is 0 Å². The Hall–Kier alpha value is -2.54. The first kappa shape index (κ1) is 11.5. The zero-order valence-electron chi connectivity index (χ0n) is 9.61. The van der Waals surface area contributed by atoms with Crippen molar-refractivity contribution in [1.29, 1.82) is 0 Å². The molecule has 0 atom stereocenters. The van der Waals surface area contributed by atoms with Crippen LogP contribution in [0.2, 0.25) is 0 Å². The Morgan fingerprint density at radius 3 is 2.74 bits per heavy atom. The lowest BCUT2D eigenvalue weighted by atomic mass is 10.2. The summed E-state index contributed by atoms with van der Waals surface area (Å²) >= 11 is 1.59. The lowest BCUT2D eigenvalue weighted by molar-refractivity contribution is 0.0968. The molecule has 0 aliphatic heterocycles. The number of aromatic nitrogens is 3. The fourth-order valence-corrected chi connectivity index (χ4v) is 2.20. The van der Waals surface area contributed by atoms with Crippen LogP contribution < -0.4 is 5.73 Å². The molecule has 94 valence electrons. The normalized spacial score (nSPS) is 10.5. The van der Waals surface area contributed by atoms with Crippen LogP contribution in [0.25, 0.3) is 22.8 Å². The summed E-state index contributed by atoms with van der Waals surface area (Å²) in [6, 6.07) is 7.42. The lowest BCUT2D eigenvalue weighted by Gasteiger charge is -1.98. The number of rotatable bonds is 3. The van der Waals surface area contributed by atoms with Crippen molar-refractivity contribution in [3.63, 3.8) is 0 Å². The Morgan fingerprint density at radius 1 is 1.21 bits per heavy atom. The quantitative estimate of drug-likeness (QED) is 0.786. The Bertz CT molecular complexity index is 721. The lowest BCUT2D eigenvalue weighted by Crippen LogP contribution is -2.10. The van der Waals surface area contributed by atoms with E-state index in [2.05, 4.69) is 15.2 Å². The highest BCUT2D eigenvalue weighted by atomic mass is 32.1. The summed E-state index contributed by atoms with van der Waals surface area (Å²) < 4.78 is 5.15. The molecule has 3 aromatic heterocycles. The van der Waals surface area contributed by atoms with Crippen molar-refractivity contribution in [1.82, 2.24) is 15.2 Å². The van der Waals surface area contributed by atoms with Crippen LogP contribution in [0, 0.1) is 0 Å². The first-order chi connectivity index (χ1) is 9.24. The number of carbonyl (C=O) groups excluding carboxylic acids is 1. The summed E-state index contributed by atoms with van der Waals surface area (Å²) in [5.41, 5.74) is 7.38. The second-order valence-corrected chi connectivity index (χ2v) is 4.48. The van der Waals surface area contributed by atoms with Gasteiger partial charge in [0.1, 0.15) is 5.69 Å². The van der Waals surface area contributed by atoms with E-state index in [0.717, 1.165) is 11.3 Å². The van der Waals surface area contributed by atoms with Crippen molar-refractivity contribution in [3.05, 3.63) is 40.9 Å². The maximum atomic E-state index is 10.9. The minimum absolute atomic E-state index is 0.172. The molecule has 0 fully saturated rings. The summed E-state index contributed by atoms with van der Waals surface area (Å²) in [5, 5.41) is 11.3. The van der Waals surface area contributed by atoms with Gasteiger partial charge in [-0.2, -0.15) is 11.3 Å². The molecule has 3 heterocycles. The van der Waals surface area contributed by atoms with Crippen molar-refractivity contribution >= 4 is 17.2 Å². The van der Waals surface area contributed by atoms with Crippen molar-refractivity contribution in [2.75, 3.05) is 0 Å². The van der Waals surface area contributed by atoms with Gasteiger partial charge in [0, 0.05) is 10.9 Å². The molecule has 3 aromatic rings. The Kier molecular flexibility index (Phi) is 2.81. The molecule has 0 aliphatic carbocycles. The number of thiophene rings is 1. The average Bonchev–Trinajstić information content (AvgIpc) is 3.10. The Labute approximate surface area is 111 Å². The molecule has 0 spiro atoms. The molecular formula is C12H8N4O2S. The molecule has 6 nitrogen and oxygen atoms in total. The van der Waals surface area contributed by atoms with Crippen molar-refractivity contribution in [3.8, 4) is 22.8 Å². The minimum atomic E-state index is -0.757. The van der Waals surface area contributed by atoms with Crippen LogP contribution in [0.1, 0.15) is 10.7 Å². The third kappa shape index (κ3) is 2.23. The first-order valence-electron chi connectivity index (χ1n) is 5.37. The smallest absolute Gasteiger partial charge is 0.306 e. The van der Waals surface area contributed by atoms with Gasteiger partial charge in [-0.25, -0.2) is 4.98 Å². The van der Waals surface area contributed by atoms with Crippen LogP contribution in [0.5, 0.6) is 0 Å². The van der Waals surface area contributed by atoms with E-state index < -0.39 is 5.91 Å². The molecule has 0 unspecified atom stereocenters. The van der Waals surface area contributed by atoms with Gasteiger partial charge in [-0.3, -0.25) is 4.79 Å². The summed E-state index contributed by atoms with van der Waals surface area (Å²) in [6.07, 6.45) is 0. The molecule has 0 saturated heterocycles. The fourth-order valence-electron chi connectivity index (χ4n) is 1.55. The molecule has 7 heteroatoms. The molecule has 2 N–H and O–H groups in total. The summed E-state index contributed by atoms with van der Waals surface area (Å²) in [6.45, 7) is 0. The number of hydrogen-bond acceptors (Lipinski definition) is 6. The highest BCUT2D eigenvalue weighted by Gasteiger charge is 2.14. The van der Waals surface area contributed by atoms with Gasteiger partial charge in [-0.1, -0.05) is 6.07 Å². The van der Waals surface area contributed by atoms with Gasteiger partial charge in [0.2, 0.25) is 0 Å². The fraction of sp³-hybridized carbons (Fsp3) is 0. The molecule has 1 amide bonds. The van der Waals surface area contributed by atoms with Crippen LogP contribution in [-0.2, 0) is 0 Å². The van der Waals surface area contributed by atoms with E-state index in [4.69, 9.17) is 10.2 Å². The minimum Gasteiger partial charge on any atom is -0.411 e. The zero-order chi connectivity index (χ0) is 13.2. The summed E-state index contributed by atoms with van der Waals surface area (Å²) in [7, 11) is 0. The van der Waals surface area contributed by atoms with Crippen molar-refractivity contribution in [2.45, 2.75) is 0 Å². The zero-order valence-corrected chi connectivity index (χ0v) is 10.4. The Morgan fingerprint density at radius 2 is 2.05 bits per heavy atom. The SMILES string of the molecule is NC(=O)c1nnc(-c2cccc(-c3ccsc3)n2)o1. The molecule has 0 bridgehead atoms. The largest absolute Gasteiger partial charge is 0.411 e. The molecule has 0 aromatic carbocycles. The number of pyridine rings is 1. The van der Waals surface area contributed by atoms with Gasteiger partial charge < -0.3 is 10.2 Å². The van der Waals surface area contributed by atoms with E-state index >= 15 is 0 Å². The first-order valence-corrected chi connectivity index (χ1v) is 6.31. The van der Waals surface area contributed by atoms with Gasteiger partial charge >= 0.3 is 11.8 Å². The van der Waals surface area contributed by atoms with Crippen LogP contribution in [0.3, 0.4) is 0 Å². The van der Waals surface area contributed by atoms with E-state index in [1.165, 1.54) is 0 Å². The van der Waals surface area contributed by atoms with E-state index in [1.54, 1.807) is 17.4 Å². The standard InChI is InChI=1S/C12H8N4O2S/c13-10(17)12-16-15-11(18-12)9-3-1-2-8(14-9)7-4-5-19-6-7/h1-6H,(H2,13,17). The molecule has 0 saturated carbocycles. The van der Waals surface area contributed by atoms with E-state index in [-0.39, 0.29) is 11.8 Å². The van der Waals surface area contributed by atoms with Crippen LogP contribution in [-0.4, -0.2) is 21.1 Å². The topological polar surface area (TPSA) is 94.9 Å². The number of nitrogens with two attached hydrogens (primary N) is 1. The third-order valence-corrected chi connectivity index (χ3v) is 3.10. The second kappa shape index (κ2) is 4.62.